The van der Waals surface area contributed by atoms with Crippen LogP contribution in [0.4, 0.5) is 0 Å². The van der Waals surface area contributed by atoms with Gasteiger partial charge in [0.1, 0.15) is 17.7 Å². The Kier molecular flexibility index (Phi) is 5.12. The van der Waals surface area contributed by atoms with Gasteiger partial charge in [0.15, 0.2) is 0 Å². The Labute approximate surface area is 164 Å². The summed E-state index contributed by atoms with van der Waals surface area (Å²) in [4.78, 5) is 23.2. The van der Waals surface area contributed by atoms with E-state index in [-0.39, 0.29) is 5.91 Å². The number of benzene rings is 1. The number of carbonyl (C=O) groups excluding carboxylic acids is 1. The summed E-state index contributed by atoms with van der Waals surface area (Å²) in [5.74, 6) is 0.146. The van der Waals surface area contributed by atoms with Gasteiger partial charge in [-0.1, -0.05) is 28.1 Å². The van der Waals surface area contributed by atoms with E-state index >= 15 is 0 Å². The Morgan fingerprint density at radius 3 is 2.88 bits per heavy atom. The van der Waals surface area contributed by atoms with Crippen molar-refractivity contribution < 1.29 is 4.79 Å². The Balaban J connectivity index is 1.35. The number of piperidine rings is 1. The van der Waals surface area contributed by atoms with Gasteiger partial charge in [0.2, 0.25) is 5.91 Å². The zero-order valence-electron chi connectivity index (χ0n) is 14.1. The molecular weight excluding hydrogens is 414 g/mol. The molecule has 0 radical (unpaired) electrons. The minimum absolute atomic E-state index is 0.146. The van der Waals surface area contributed by atoms with Crippen LogP contribution in [-0.2, 0) is 11.2 Å². The van der Waals surface area contributed by atoms with Crippen LogP contribution in [0.1, 0.15) is 24.6 Å². The van der Waals surface area contributed by atoms with Crippen molar-refractivity contribution in [3.05, 3.63) is 52.5 Å². The van der Waals surface area contributed by atoms with Crippen LogP contribution in [0.3, 0.4) is 0 Å². The molecule has 2 aromatic heterocycles. The maximum absolute atomic E-state index is 12.6. The highest BCUT2D eigenvalue weighted by Gasteiger charge is 2.24. The van der Waals surface area contributed by atoms with Gasteiger partial charge >= 0.3 is 0 Å². The summed E-state index contributed by atoms with van der Waals surface area (Å²) >= 11 is 5.06. The Hall–Kier alpha value is -2.06. The number of carbonyl (C=O) groups is 1. The lowest BCUT2D eigenvalue weighted by atomic mass is 10.0. The van der Waals surface area contributed by atoms with Gasteiger partial charge < -0.3 is 4.90 Å². The molecule has 0 aliphatic carbocycles. The molecule has 0 atom stereocenters. The van der Waals surface area contributed by atoms with Crippen LogP contribution in [-0.4, -0.2) is 43.6 Å². The van der Waals surface area contributed by atoms with E-state index in [2.05, 4.69) is 31.0 Å². The van der Waals surface area contributed by atoms with E-state index in [1.165, 1.54) is 0 Å². The maximum Gasteiger partial charge on any atom is 0.228 e. The molecule has 0 saturated carbocycles. The molecule has 0 N–H and O–H groups in total. The molecule has 1 aliphatic rings. The number of halogens is 1. The van der Waals surface area contributed by atoms with Crippen molar-refractivity contribution in [3.63, 3.8) is 0 Å². The van der Waals surface area contributed by atoms with Crippen molar-refractivity contribution in [1.82, 2.24) is 24.6 Å². The second-order valence-electron chi connectivity index (χ2n) is 6.32. The molecule has 0 unspecified atom stereocenters. The summed E-state index contributed by atoms with van der Waals surface area (Å²) in [7, 11) is 0. The number of hydrogen-bond donors (Lipinski definition) is 0. The van der Waals surface area contributed by atoms with Gasteiger partial charge in [0, 0.05) is 28.5 Å². The van der Waals surface area contributed by atoms with E-state index < -0.39 is 0 Å². The highest BCUT2D eigenvalue weighted by Crippen LogP contribution is 2.27. The van der Waals surface area contributed by atoms with Crippen LogP contribution >= 0.6 is 27.3 Å². The molecule has 6 nitrogen and oxygen atoms in total. The van der Waals surface area contributed by atoms with Crippen molar-refractivity contribution >= 4 is 33.2 Å². The highest BCUT2D eigenvalue weighted by atomic mass is 79.9. The molecule has 0 bridgehead atoms. The average Bonchev–Trinajstić information content (AvgIpc) is 3.34. The van der Waals surface area contributed by atoms with Crippen LogP contribution < -0.4 is 0 Å². The number of nitrogens with zero attached hydrogens (tertiary/aromatic N) is 5. The third kappa shape index (κ3) is 3.86. The van der Waals surface area contributed by atoms with Gasteiger partial charge in [0.25, 0.3) is 0 Å². The van der Waals surface area contributed by atoms with Gasteiger partial charge in [-0.2, -0.15) is 5.10 Å². The number of aromatic nitrogens is 4. The van der Waals surface area contributed by atoms with Gasteiger partial charge in [-0.15, -0.1) is 11.3 Å². The van der Waals surface area contributed by atoms with Crippen molar-refractivity contribution in [2.45, 2.75) is 25.3 Å². The minimum atomic E-state index is 0.146. The van der Waals surface area contributed by atoms with Gasteiger partial charge in [-0.3, -0.25) is 4.79 Å². The third-order valence-electron chi connectivity index (χ3n) is 4.58. The molecule has 134 valence electrons. The van der Waals surface area contributed by atoms with E-state index in [0.29, 0.717) is 12.5 Å². The first-order valence-electron chi connectivity index (χ1n) is 8.51. The first kappa shape index (κ1) is 17.4. The van der Waals surface area contributed by atoms with Crippen molar-refractivity contribution in [2.24, 2.45) is 0 Å². The summed E-state index contributed by atoms with van der Waals surface area (Å²) in [5.41, 5.74) is 1.91. The monoisotopic (exact) mass is 431 g/mol. The summed E-state index contributed by atoms with van der Waals surface area (Å²) in [5, 5.41) is 7.13. The molecule has 1 fully saturated rings. The third-order valence-corrected chi connectivity index (χ3v) is 6.02. The SMILES string of the molecule is O=C(Cc1csc(-c2cccc(Br)c2)n1)N1CCC(n2cncn2)CC1. The predicted octanol–water partition coefficient (Wildman–Crippen LogP) is 3.57. The Bertz CT molecular complexity index is 887. The van der Waals surface area contributed by atoms with Crippen molar-refractivity contribution in [3.8, 4) is 10.6 Å². The predicted molar refractivity (Wildman–Crippen MR) is 104 cm³/mol. The molecule has 1 amide bonds. The fraction of sp³-hybridized carbons (Fsp3) is 0.333. The van der Waals surface area contributed by atoms with Crippen LogP contribution in [0.2, 0.25) is 0 Å². The molecular formula is C18H18BrN5OS. The normalized spacial score (nSPS) is 15.3. The van der Waals surface area contributed by atoms with Gasteiger partial charge in [-0.25, -0.2) is 14.6 Å². The van der Waals surface area contributed by atoms with E-state index in [9.17, 15) is 4.79 Å². The van der Waals surface area contributed by atoms with Crippen LogP contribution in [0.25, 0.3) is 10.6 Å². The Morgan fingerprint density at radius 2 is 2.15 bits per heavy atom. The fourth-order valence-electron chi connectivity index (χ4n) is 3.19. The van der Waals surface area contributed by atoms with Crippen LogP contribution in [0, 0.1) is 0 Å². The first-order chi connectivity index (χ1) is 12.7. The fourth-order valence-corrected chi connectivity index (χ4v) is 4.41. The molecule has 26 heavy (non-hydrogen) atoms. The largest absolute Gasteiger partial charge is 0.342 e. The number of amides is 1. The number of thiazole rings is 1. The summed E-state index contributed by atoms with van der Waals surface area (Å²) in [6.45, 7) is 1.51. The smallest absolute Gasteiger partial charge is 0.228 e. The lowest BCUT2D eigenvalue weighted by Crippen LogP contribution is -2.40. The number of likely N-dealkylation sites (tertiary alicyclic amines) is 1. The molecule has 0 spiro atoms. The molecule has 3 heterocycles. The molecule has 8 heteroatoms. The number of hydrogen-bond acceptors (Lipinski definition) is 5. The quantitative estimate of drug-likeness (QED) is 0.633. The van der Waals surface area contributed by atoms with Crippen molar-refractivity contribution in [2.75, 3.05) is 13.1 Å². The molecule has 1 saturated heterocycles. The van der Waals surface area contributed by atoms with Gasteiger partial charge in [0.05, 0.1) is 18.2 Å². The van der Waals surface area contributed by atoms with E-state index in [0.717, 1.165) is 46.7 Å². The second kappa shape index (κ2) is 7.67. The van der Waals surface area contributed by atoms with E-state index in [1.54, 1.807) is 24.0 Å². The maximum atomic E-state index is 12.6. The summed E-state index contributed by atoms with van der Waals surface area (Å²) < 4.78 is 2.92. The first-order valence-corrected chi connectivity index (χ1v) is 10.2. The van der Waals surface area contributed by atoms with E-state index in [1.807, 2.05) is 39.2 Å². The van der Waals surface area contributed by atoms with E-state index in [4.69, 9.17) is 0 Å². The molecule has 3 aromatic rings. The molecule has 4 rings (SSSR count). The topological polar surface area (TPSA) is 63.9 Å². The van der Waals surface area contributed by atoms with Gasteiger partial charge in [-0.05, 0) is 25.0 Å². The number of rotatable bonds is 4. The van der Waals surface area contributed by atoms with Crippen LogP contribution in [0.15, 0.2) is 46.8 Å². The lowest BCUT2D eigenvalue weighted by molar-refractivity contribution is -0.131. The minimum Gasteiger partial charge on any atom is -0.342 e. The van der Waals surface area contributed by atoms with Crippen LogP contribution in [0.5, 0.6) is 0 Å². The standard InChI is InChI=1S/C18H18BrN5OS/c19-14-3-1-2-13(8-14)18-22-15(10-26-18)9-17(25)23-6-4-16(5-7-23)24-12-20-11-21-24/h1-3,8,10-12,16H,4-7,9H2. The zero-order chi connectivity index (χ0) is 17.9. The zero-order valence-corrected chi connectivity index (χ0v) is 16.5. The summed E-state index contributed by atoms with van der Waals surface area (Å²) in [6, 6.07) is 8.39. The second-order valence-corrected chi connectivity index (χ2v) is 8.09. The summed E-state index contributed by atoms with van der Waals surface area (Å²) in [6.07, 6.45) is 5.49. The lowest BCUT2D eigenvalue weighted by Gasteiger charge is -2.31. The van der Waals surface area contributed by atoms with Crippen molar-refractivity contribution in [1.29, 1.82) is 0 Å². The molecule has 1 aromatic carbocycles. The average molecular weight is 432 g/mol. The highest BCUT2D eigenvalue weighted by molar-refractivity contribution is 9.10. The Morgan fingerprint density at radius 1 is 1.31 bits per heavy atom. The molecule has 1 aliphatic heterocycles.